The van der Waals surface area contributed by atoms with Crippen LogP contribution >= 0.6 is 12.2 Å². The molecule has 1 saturated heterocycles. The summed E-state index contributed by atoms with van der Waals surface area (Å²) in [6, 6.07) is 13.6. The number of hydrogen-bond donors (Lipinski definition) is 1. The molecule has 0 radical (unpaired) electrons. The van der Waals surface area contributed by atoms with Crippen LogP contribution in [0.4, 0.5) is 10.1 Å². The van der Waals surface area contributed by atoms with E-state index in [0.29, 0.717) is 35.0 Å². The molecule has 2 aromatic rings. The highest BCUT2D eigenvalue weighted by Crippen LogP contribution is 2.20. The Hall–Kier alpha value is -2.51. The maximum atomic E-state index is 14.2. The topological polar surface area (TPSA) is 50.8 Å². The Labute approximate surface area is 169 Å². The van der Waals surface area contributed by atoms with Crippen molar-refractivity contribution in [1.29, 1.82) is 0 Å². The first kappa shape index (κ1) is 20.2. The van der Waals surface area contributed by atoms with Crippen LogP contribution in [0.3, 0.4) is 0 Å². The predicted octanol–water partition coefficient (Wildman–Crippen LogP) is 3.99. The zero-order valence-electron chi connectivity index (χ0n) is 15.7. The molecule has 1 aliphatic heterocycles. The highest BCUT2D eigenvalue weighted by atomic mass is 32.1. The quantitative estimate of drug-likeness (QED) is 0.582. The molecule has 1 heterocycles. The summed E-state index contributed by atoms with van der Waals surface area (Å²) < 4.78 is 24.8. The molecule has 1 unspecified atom stereocenters. The van der Waals surface area contributed by atoms with Crippen LogP contribution in [0.25, 0.3) is 0 Å². The summed E-state index contributed by atoms with van der Waals surface area (Å²) in [6.45, 7) is 1.57. The largest absolute Gasteiger partial charge is 0.465 e. The maximum Gasteiger partial charge on any atom is 0.339 e. The highest BCUT2D eigenvalue weighted by molar-refractivity contribution is 7.80. The van der Waals surface area contributed by atoms with Crippen molar-refractivity contribution in [3.63, 3.8) is 0 Å². The molecule has 148 valence electrons. The van der Waals surface area contributed by atoms with Gasteiger partial charge >= 0.3 is 5.97 Å². The first-order chi connectivity index (χ1) is 13.6. The Morgan fingerprint density at radius 2 is 2.04 bits per heavy atom. The van der Waals surface area contributed by atoms with Crippen molar-refractivity contribution in [1.82, 2.24) is 4.90 Å². The van der Waals surface area contributed by atoms with E-state index in [0.717, 1.165) is 19.4 Å². The molecule has 1 atom stereocenters. The number of anilines is 1. The number of ether oxygens (including phenoxy) is 2. The summed E-state index contributed by atoms with van der Waals surface area (Å²) in [6.07, 6.45) is 1.99. The number of carbonyl (C=O) groups excluding carboxylic acids is 1. The number of halogens is 1. The number of benzene rings is 2. The molecule has 2 aromatic carbocycles. The van der Waals surface area contributed by atoms with Gasteiger partial charge in [-0.3, -0.25) is 0 Å². The van der Waals surface area contributed by atoms with Gasteiger partial charge in [0.05, 0.1) is 24.5 Å². The lowest BCUT2D eigenvalue weighted by atomic mass is 10.1. The number of rotatable bonds is 6. The van der Waals surface area contributed by atoms with Gasteiger partial charge in [0, 0.05) is 25.3 Å². The average Bonchev–Trinajstić information content (AvgIpc) is 3.22. The van der Waals surface area contributed by atoms with Crippen LogP contribution in [0.15, 0.2) is 48.5 Å². The van der Waals surface area contributed by atoms with Crippen LogP contribution in [0, 0.1) is 5.82 Å². The molecule has 0 amide bonds. The summed E-state index contributed by atoms with van der Waals surface area (Å²) >= 11 is 5.60. The van der Waals surface area contributed by atoms with E-state index < -0.39 is 5.97 Å². The van der Waals surface area contributed by atoms with Gasteiger partial charge in [0.25, 0.3) is 0 Å². The number of hydrogen-bond acceptors (Lipinski definition) is 4. The molecule has 28 heavy (non-hydrogen) atoms. The Kier molecular flexibility index (Phi) is 6.95. The molecule has 1 aliphatic rings. The average molecular weight is 402 g/mol. The van der Waals surface area contributed by atoms with Crippen molar-refractivity contribution in [3.8, 4) is 0 Å². The van der Waals surface area contributed by atoms with Gasteiger partial charge in [-0.15, -0.1) is 0 Å². The van der Waals surface area contributed by atoms with Crippen LogP contribution in [-0.2, 0) is 16.0 Å². The standard InChI is InChI=1S/C21H23FN2O3S/c1-26-20(25)17-9-3-5-11-19(17)23-21(28)24(14-16-8-6-12-27-16)13-15-7-2-4-10-18(15)22/h2-5,7,9-11,16H,6,8,12-14H2,1H3,(H,23,28). The molecular weight excluding hydrogens is 379 g/mol. The molecule has 1 N–H and O–H groups in total. The van der Waals surface area contributed by atoms with Gasteiger partial charge in [-0.05, 0) is 43.3 Å². The molecule has 0 aromatic heterocycles. The molecule has 7 heteroatoms. The number of methoxy groups -OCH3 is 1. The monoisotopic (exact) mass is 402 g/mol. The fourth-order valence-corrected chi connectivity index (χ4v) is 3.41. The van der Waals surface area contributed by atoms with Crippen molar-refractivity contribution in [3.05, 3.63) is 65.5 Å². The third-order valence-corrected chi connectivity index (χ3v) is 4.99. The molecule has 0 saturated carbocycles. The maximum absolute atomic E-state index is 14.2. The van der Waals surface area contributed by atoms with Crippen LogP contribution in [0.1, 0.15) is 28.8 Å². The molecule has 0 bridgehead atoms. The van der Waals surface area contributed by atoms with Crippen LogP contribution in [-0.4, -0.2) is 42.3 Å². The third kappa shape index (κ3) is 5.05. The molecule has 1 fully saturated rings. The normalized spacial score (nSPS) is 15.9. The van der Waals surface area contributed by atoms with E-state index in [2.05, 4.69) is 5.32 Å². The number of carbonyl (C=O) groups is 1. The minimum absolute atomic E-state index is 0.0439. The van der Waals surface area contributed by atoms with Crippen LogP contribution in [0.5, 0.6) is 0 Å². The zero-order valence-corrected chi connectivity index (χ0v) is 16.5. The number of esters is 1. The van der Waals surface area contributed by atoms with Crippen molar-refractivity contribution < 1.29 is 18.7 Å². The number of nitrogens with one attached hydrogen (secondary N) is 1. The number of nitrogens with zero attached hydrogens (tertiary/aromatic N) is 1. The second-order valence-corrected chi connectivity index (χ2v) is 6.96. The Morgan fingerprint density at radius 3 is 2.75 bits per heavy atom. The van der Waals surface area contributed by atoms with E-state index in [1.54, 1.807) is 42.5 Å². The lowest BCUT2D eigenvalue weighted by molar-refractivity contribution is 0.0602. The summed E-state index contributed by atoms with van der Waals surface area (Å²) in [7, 11) is 1.33. The van der Waals surface area contributed by atoms with Gasteiger partial charge in [0.15, 0.2) is 5.11 Å². The van der Waals surface area contributed by atoms with Crippen molar-refractivity contribution >= 4 is 29.0 Å². The second-order valence-electron chi connectivity index (χ2n) is 6.57. The molecule has 0 aliphatic carbocycles. The summed E-state index contributed by atoms with van der Waals surface area (Å²) in [5, 5.41) is 3.52. The van der Waals surface area contributed by atoms with E-state index in [9.17, 15) is 9.18 Å². The highest BCUT2D eigenvalue weighted by Gasteiger charge is 2.23. The molecule has 0 spiro atoms. The first-order valence-corrected chi connectivity index (χ1v) is 9.57. The van der Waals surface area contributed by atoms with Crippen LogP contribution < -0.4 is 5.32 Å². The Balaban J connectivity index is 1.80. The second kappa shape index (κ2) is 9.61. The Bertz CT molecular complexity index is 840. The molecular formula is C21H23FN2O3S. The van der Waals surface area contributed by atoms with Crippen molar-refractivity contribution in [2.24, 2.45) is 0 Å². The molecule has 3 rings (SSSR count). The SMILES string of the molecule is COC(=O)c1ccccc1NC(=S)N(Cc1ccccc1F)CC1CCCO1. The van der Waals surface area contributed by atoms with Gasteiger partial charge < -0.3 is 19.7 Å². The van der Waals surface area contributed by atoms with Gasteiger partial charge in [0.2, 0.25) is 0 Å². The minimum atomic E-state index is -0.453. The lowest BCUT2D eigenvalue weighted by Gasteiger charge is -2.29. The molecule has 5 nitrogen and oxygen atoms in total. The smallest absolute Gasteiger partial charge is 0.339 e. The number of para-hydroxylation sites is 1. The lowest BCUT2D eigenvalue weighted by Crippen LogP contribution is -2.40. The summed E-state index contributed by atoms with van der Waals surface area (Å²) in [5.74, 6) is -0.733. The predicted molar refractivity (Wildman–Crippen MR) is 110 cm³/mol. The van der Waals surface area contributed by atoms with E-state index in [1.165, 1.54) is 13.2 Å². The van der Waals surface area contributed by atoms with Crippen molar-refractivity contribution in [2.45, 2.75) is 25.5 Å². The van der Waals surface area contributed by atoms with Crippen molar-refractivity contribution in [2.75, 3.05) is 25.6 Å². The first-order valence-electron chi connectivity index (χ1n) is 9.16. The Morgan fingerprint density at radius 1 is 1.29 bits per heavy atom. The van der Waals surface area contributed by atoms with Gasteiger partial charge in [0.1, 0.15) is 5.82 Å². The fraction of sp³-hybridized carbons (Fsp3) is 0.333. The minimum Gasteiger partial charge on any atom is -0.465 e. The van der Waals surface area contributed by atoms with Gasteiger partial charge in [-0.1, -0.05) is 30.3 Å². The summed E-state index contributed by atoms with van der Waals surface area (Å²) in [5.41, 5.74) is 1.48. The zero-order chi connectivity index (χ0) is 19.9. The van der Waals surface area contributed by atoms with E-state index >= 15 is 0 Å². The van der Waals surface area contributed by atoms with Gasteiger partial charge in [-0.2, -0.15) is 0 Å². The summed E-state index contributed by atoms with van der Waals surface area (Å²) in [4.78, 5) is 13.9. The van der Waals surface area contributed by atoms with E-state index in [1.807, 2.05) is 4.90 Å². The number of thiocarbonyl (C=S) groups is 1. The fourth-order valence-electron chi connectivity index (χ4n) is 3.16. The third-order valence-electron chi connectivity index (χ3n) is 4.63. The van der Waals surface area contributed by atoms with E-state index in [-0.39, 0.29) is 11.9 Å². The van der Waals surface area contributed by atoms with Crippen LogP contribution in [0.2, 0.25) is 0 Å². The van der Waals surface area contributed by atoms with Gasteiger partial charge in [-0.25, -0.2) is 9.18 Å². The van der Waals surface area contributed by atoms with E-state index in [4.69, 9.17) is 21.7 Å².